The van der Waals surface area contributed by atoms with Crippen LogP contribution in [0.4, 0.5) is 11.4 Å². The van der Waals surface area contributed by atoms with Gasteiger partial charge in [-0.15, -0.1) is 0 Å². The second kappa shape index (κ2) is 9.83. The number of amides is 2. The standard InChI is InChI=1S/C24H28ClN3O4S/c1-2-20-5-3-4-14-28(20)33(31,32)22-12-8-19(9-13-22)26-24(30)17-15-23(29)27(16-17)21-10-6-18(25)7-11-21/h6-13,17,20H,2-5,14-16H2,1H3,(H,26,30). The molecule has 2 saturated heterocycles. The molecular weight excluding hydrogens is 462 g/mol. The molecule has 2 fully saturated rings. The number of carbonyl (C=O) groups excluding carboxylic acids is 2. The minimum absolute atomic E-state index is 0.0339. The van der Waals surface area contributed by atoms with Gasteiger partial charge in [0.15, 0.2) is 0 Å². The van der Waals surface area contributed by atoms with Crippen LogP contribution in [0.5, 0.6) is 0 Å². The molecule has 0 saturated carbocycles. The SMILES string of the molecule is CCC1CCCCN1S(=O)(=O)c1ccc(NC(=O)C2CC(=O)N(c3ccc(Cl)cc3)C2)cc1. The molecule has 0 aromatic heterocycles. The van der Waals surface area contributed by atoms with E-state index < -0.39 is 15.9 Å². The highest BCUT2D eigenvalue weighted by Gasteiger charge is 2.35. The first kappa shape index (κ1) is 23.7. The Morgan fingerprint density at radius 3 is 2.45 bits per heavy atom. The van der Waals surface area contributed by atoms with Crippen molar-refractivity contribution in [2.24, 2.45) is 5.92 Å². The van der Waals surface area contributed by atoms with E-state index in [4.69, 9.17) is 11.6 Å². The second-order valence-electron chi connectivity index (χ2n) is 8.57. The van der Waals surface area contributed by atoms with Gasteiger partial charge in [-0.05, 0) is 67.8 Å². The zero-order valence-corrected chi connectivity index (χ0v) is 20.1. The van der Waals surface area contributed by atoms with E-state index in [2.05, 4.69) is 5.32 Å². The van der Waals surface area contributed by atoms with Gasteiger partial charge in [-0.2, -0.15) is 4.31 Å². The van der Waals surface area contributed by atoms with Crippen LogP contribution in [0.3, 0.4) is 0 Å². The first-order valence-electron chi connectivity index (χ1n) is 11.3. The van der Waals surface area contributed by atoms with Gasteiger partial charge in [0.2, 0.25) is 21.8 Å². The number of rotatable bonds is 6. The monoisotopic (exact) mass is 489 g/mol. The van der Waals surface area contributed by atoms with Crippen molar-refractivity contribution in [1.82, 2.24) is 4.31 Å². The summed E-state index contributed by atoms with van der Waals surface area (Å²) in [5, 5.41) is 3.40. The number of piperidine rings is 1. The Bertz CT molecular complexity index is 1120. The lowest BCUT2D eigenvalue weighted by molar-refractivity contribution is -0.122. The number of anilines is 2. The molecule has 7 nitrogen and oxygen atoms in total. The van der Waals surface area contributed by atoms with E-state index in [-0.39, 0.29) is 35.7 Å². The van der Waals surface area contributed by atoms with Crippen molar-refractivity contribution in [2.45, 2.75) is 50.0 Å². The van der Waals surface area contributed by atoms with Crippen LogP contribution in [-0.4, -0.2) is 43.7 Å². The molecule has 2 aliphatic heterocycles. The normalized spacial score (nSPS) is 21.9. The zero-order chi connectivity index (χ0) is 23.6. The molecular formula is C24H28ClN3O4S. The number of hydrogen-bond donors (Lipinski definition) is 1. The van der Waals surface area contributed by atoms with E-state index in [0.717, 1.165) is 25.7 Å². The summed E-state index contributed by atoms with van der Waals surface area (Å²) in [7, 11) is -3.57. The van der Waals surface area contributed by atoms with Crippen LogP contribution in [0.2, 0.25) is 5.02 Å². The molecule has 176 valence electrons. The summed E-state index contributed by atoms with van der Waals surface area (Å²) in [6.07, 6.45) is 3.72. The van der Waals surface area contributed by atoms with Gasteiger partial charge in [0.25, 0.3) is 0 Å². The highest BCUT2D eigenvalue weighted by Crippen LogP contribution is 2.29. The number of halogens is 1. The molecule has 33 heavy (non-hydrogen) atoms. The highest BCUT2D eigenvalue weighted by atomic mass is 35.5. The predicted octanol–water partition coefficient (Wildman–Crippen LogP) is 4.28. The van der Waals surface area contributed by atoms with E-state index in [1.807, 2.05) is 6.92 Å². The smallest absolute Gasteiger partial charge is 0.243 e. The minimum atomic E-state index is -3.57. The van der Waals surface area contributed by atoms with Gasteiger partial charge in [0.05, 0.1) is 10.8 Å². The van der Waals surface area contributed by atoms with E-state index in [9.17, 15) is 18.0 Å². The Hall–Kier alpha value is -2.42. The fraction of sp³-hybridized carbons (Fsp3) is 0.417. The molecule has 4 rings (SSSR count). The molecule has 2 aliphatic rings. The van der Waals surface area contributed by atoms with Crippen LogP contribution in [0.25, 0.3) is 0 Å². The first-order valence-corrected chi connectivity index (χ1v) is 13.1. The van der Waals surface area contributed by atoms with Crippen LogP contribution in [-0.2, 0) is 19.6 Å². The van der Waals surface area contributed by atoms with Gasteiger partial charge in [0, 0.05) is 41.9 Å². The fourth-order valence-electron chi connectivity index (χ4n) is 4.54. The van der Waals surface area contributed by atoms with Crippen molar-refractivity contribution in [3.05, 3.63) is 53.6 Å². The lowest BCUT2D eigenvalue weighted by atomic mass is 10.0. The lowest BCUT2D eigenvalue weighted by Crippen LogP contribution is -2.43. The van der Waals surface area contributed by atoms with Gasteiger partial charge in [-0.3, -0.25) is 9.59 Å². The number of benzene rings is 2. The van der Waals surface area contributed by atoms with Gasteiger partial charge in [-0.1, -0.05) is 24.9 Å². The van der Waals surface area contributed by atoms with Gasteiger partial charge < -0.3 is 10.2 Å². The lowest BCUT2D eigenvalue weighted by Gasteiger charge is -2.34. The zero-order valence-electron chi connectivity index (χ0n) is 18.5. The summed E-state index contributed by atoms with van der Waals surface area (Å²) in [5.74, 6) is -0.876. The van der Waals surface area contributed by atoms with Crippen molar-refractivity contribution in [2.75, 3.05) is 23.3 Å². The second-order valence-corrected chi connectivity index (χ2v) is 10.9. The maximum absolute atomic E-state index is 13.1. The topological polar surface area (TPSA) is 86.8 Å². The van der Waals surface area contributed by atoms with Crippen molar-refractivity contribution < 1.29 is 18.0 Å². The first-order chi connectivity index (χ1) is 15.8. The Balaban J connectivity index is 1.41. The molecule has 2 amide bonds. The number of nitrogens with zero attached hydrogens (tertiary/aromatic N) is 2. The van der Waals surface area contributed by atoms with Crippen molar-refractivity contribution in [3.8, 4) is 0 Å². The van der Waals surface area contributed by atoms with Crippen LogP contribution in [0, 0.1) is 5.92 Å². The summed E-state index contributed by atoms with van der Waals surface area (Å²) >= 11 is 5.91. The fourth-order valence-corrected chi connectivity index (χ4v) is 6.44. The number of sulfonamides is 1. The van der Waals surface area contributed by atoms with Gasteiger partial charge in [0.1, 0.15) is 0 Å². The molecule has 1 N–H and O–H groups in total. The van der Waals surface area contributed by atoms with Crippen LogP contribution >= 0.6 is 11.6 Å². The Kier molecular flexibility index (Phi) is 7.07. The predicted molar refractivity (Wildman–Crippen MR) is 129 cm³/mol. The molecule has 9 heteroatoms. The Morgan fingerprint density at radius 2 is 1.79 bits per heavy atom. The van der Waals surface area contributed by atoms with Gasteiger partial charge >= 0.3 is 0 Å². The van der Waals surface area contributed by atoms with E-state index >= 15 is 0 Å². The summed E-state index contributed by atoms with van der Waals surface area (Å²) in [4.78, 5) is 27.0. The van der Waals surface area contributed by atoms with Crippen LogP contribution in [0.1, 0.15) is 39.0 Å². The molecule has 2 heterocycles. The molecule has 0 aliphatic carbocycles. The minimum Gasteiger partial charge on any atom is -0.326 e. The third-order valence-electron chi connectivity index (χ3n) is 6.41. The number of nitrogens with one attached hydrogen (secondary N) is 1. The van der Waals surface area contributed by atoms with Crippen molar-refractivity contribution in [1.29, 1.82) is 0 Å². The maximum atomic E-state index is 13.1. The number of carbonyl (C=O) groups is 2. The number of hydrogen-bond acceptors (Lipinski definition) is 4. The van der Waals surface area contributed by atoms with Crippen LogP contribution < -0.4 is 10.2 Å². The quantitative estimate of drug-likeness (QED) is 0.656. The largest absolute Gasteiger partial charge is 0.326 e. The van der Waals surface area contributed by atoms with E-state index in [1.165, 1.54) is 12.1 Å². The third kappa shape index (κ3) is 5.08. The van der Waals surface area contributed by atoms with Crippen LogP contribution in [0.15, 0.2) is 53.4 Å². The van der Waals surface area contributed by atoms with Gasteiger partial charge in [-0.25, -0.2) is 8.42 Å². The Morgan fingerprint density at radius 1 is 1.09 bits per heavy atom. The molecule has 2 atom stereocenters. The summed E-state index contributed by atoms with van der Waals surface area (Å²) in [6.45, 7) is 2.84. The Labute approximate surface area is 199 Å². The highest BCUT2D eigenvalue weighted by molar-refractivity contribution is 7.89. The molecule has 2 unspecified atom stereocenters. The average Bonchev–Trinajstić information content (AvgIpc) is 3.21. The molecule has 2 aromatic rings. The molecule has 0 radical (unpaired) electrons. The van der Waals surface area contributed by atoms with Crippen molar-refractivity contribution >= 4 is 44.8 Å². The third-order valence-corrected chi connectivity index (χ3v) is 8.62. The van der Waals surface area contributed by atoms with Crippen molar-refractivity contribution in [3.63, 3.8) is 0 Å². The average molecular weight is 490 g/mol. The summed E-state index contributed by atoms with van der Waals surface area (Å²) in [6, 6.07) is 13.2. The maximum Gasteiger partial charge on any atom is 0.243 e. The summed E-state index contributed by atoms with van der Waals surface area (Å²) in [5.41, 5.74) is 1.21. The van der Waals surface area contributed by atoms with E-state index in [1.54, 1.807) is 45.6 Å². The van der Waals surface area contributed by atoms with E-state index in [0.29, 0.717) is 22.9 Å². The molecule has 2 aromatic carbocycles. The molecule has 0 spiro atoms. The summed E-state index contributed by atoms with van der Waals surface area (Å²) < 4.78 is 27.8. The molecule has 0 bridgehead atoms.